The van der Waals surface area contributed by atoms with E-state index >= 15 is 0 Å². The minimum absolute atomic E-state index is 0.0529. The summed E-state index contributed by atoms with van der Waals surface area (Å²) in [6, 6.07) is 3.67. The first-order valence-corrected chi connectivity index (χ1v) is 8.51. The standard InChI is InChI=1S/C12H11ClN2O6S/c1-7(16)8-2-3-10(11(4-8)15(18)19)14-6-9(5-12(14)17)22(13,20)21/h2-4,9H,5-6H2,1H3. The highest BCUT2D eigenvalue weighted by Gasteiger charge is 2.40. The summed E-state index contributed by atoms with van der Waals surface area (Å²) in [5, 5.41) is 10.0. The third-order valence-corrected chi connectivity index (χ3v) is 5.23. The van der Waals surface area contributed by atoms with Gasteiger partial charge in [0, 0.05) is 35.3 Å². The van der Waals surface area contributed by atoms with Crippen molar-refractivity contribution in [1.82, 2.24) is 0 Å². The molecule has 1 aliphatic rings. The summed E-state index contributed by atoms with van der Waals surface area (Å²) in [6.07, 6.45) is -0.336. The number of nitro benzene ring substituents is 1. The van der Waals surface area contributed by atoms with Gasteiger partial charge in [-0.2, -0.15) is 0 Å². The molecule has 0 radical (unpaired) electrons. The Balaban J connectivity index is 2.47. The van der Waals surface area contributed by atoms with E-state index in [0.29, 0.717) is 0 Å². The SMILES string of the molecule is CC(=O)c1ccc(N2CC(S(=O)(=O)Cl)CC2=O)c([N+](=O)[O-])c1. The van der Waals surface area contributed by atoms with Crippen LogP contribution in [0.25, 0.3) is 0 Å². The number of hydrogen-bond donors (Lipinski definition) is 0. The van der Waals surface area contributed by atoms with Crippen LogP contribution in [0.1, 0.15) is 23.7 Å². The van der Waals surface area contributed by atoms with Gasteiger partial charge in [0.25, 0.3) is 5.69 Å². The Kier molecular flexibility index (Phi) is 4.21. The van der Waals surface area contributed by atoms with E-state index in [-0.39, 0.29) is 30.0 Å². The van der Waals surface area contributed by atoms with Crippen LogP contribution < -0.4 is 4.90 Å². The molecule has 1 fully saturated rings. The van der Waals surface area contributed by atoms with Crippen molar-refractivity contribution in [2.24, 2.45) is 0 Å². The number of Topliss-reactive ketones (excluding diaryl/α,β-unsaturated/α-hetero) is 1. The molecule has 1 unspecified atom stereocenters. The summed E-state index contributed by atoms with van der Waals surface area (Å²) < 4.78 is 22.7. The average Bonchev–Trinajstić information content (AvgIpc) is 2.79. The Morgan fingerprint density at radius 3 is 2.55 bits per heavy atom. The first kappa shape index (κ1) is 16.4. The van der Waals surface area contributed by atoms with Gasteiger partial charge < -0.3 is 4.90 Å². The fraction of sp³-hybridized carbons (Fsp3) is 0.333. The number of nitro groups is 1. The summed E-state index contributed by atoms with van der Waals surface area (Å²) in [5.41, 5.74) is -0.361. The molecule has 118 valence electrons. The highest BCUT2D eigenvalue weighted by Crippen LogP contribution is 2.34. The van der Waals surface area contributed by atoms with E-state index in [1.807, 2.05) is 0 Å². The Morgan fingerprint density at radius 1 is 1.45 bits per heavy atom. The topological polar surface area (TPSA) is 115 Å². The van der Waals surface area contributed by atoms with E-state index in [9.17, 15) is 28.1 Å². The quantitative estimate of drug-likeness (QED) is 0.353. The van der Waals surface area contributed by atoms with E-state index in [4.69, 9.17) is 10.7 Å². The molecule has 0 N–H and O–H groups in total. The molecule has 22 heavy (non-hydrogen) atoms. The van der Waals surface area contributed by atoms with Crippen LogP contribution in [-0.4, -0.2) is 36.8 Å². The van der Waals surface area contributed by atoms with Crippen molar-refractivity contribution in [3.8, 4) is 0 Å². The van der Waals surface area contributed by atoms with Crippen molar-refractivity contribution in [2.45, 2.75) is 18.6 Å². The normalized spacial score (nSPS) is 18.5. The van der Waals surface area contributed by atoms with Gasteiger partial charge in [-0.25, -0.2) is 8.42 Å². The van der Waals surface area contributed by atoms with Gasteiger partial charge in [0.05, 0.1) is 4.92 Å². The van der Waals surface area contributed by atoms with E-state index < -0.39 is 30.8 Å². The van der Waals surface area contributed by atoms with Gasteiger partial charge in [0.15, 0.2) is 5.78 Å². The van der Waals surface area contributed by atoms with E-state index in [2.05, 4.69) is 0 Å². The number of benzene rings is 1. The van der Waals surface area contributed by atoms with Crippen molar-refractivity contribution in [1.29, 1.82) is 0 Å². The Labute approximate surface area is 130 Å². The molecule has 2 rings (SSSR count). The van der Waals surface area contributed by atoms with Crippen molar-refractivity contribution in [3.05, 3.63) is 33.9 Å². The maximum absolute atomic E-state index is 11.9. The zero-order valence-electron chi connectivity index (χ0n) is 11.4. The number of halogens is 1. The molecular formula is C12H11ClN2O6S. The minimum Gasteiger partial charge on any atom is -0.305 e. The Morgan fingerprint density at radius 2 is 2.09 bits per heavy atom. The Bertz CT molecular complexity index is 776. The molecule has 8 nitrogen and oxygen atoms in total. The zero-order chi connectivity index (χ0) is 16.7. The van der Waals surface area contributed by atoms with Gasteiger partial charge in [-0.05, 0) is 19.1 Å². The van der Waals surface area contributed by atoms with Crippen LogP contribution in [0.3, 0.4) is 0 Å². The predicted molar refractivity (Wildman–Crippen MR) is 78.6 cm³/mol. The lowest BCUT2D eigenvalue weighted by atomic mass is 10.1. The van der Waals surface area contributed by atoms with Crippen LogP contribution >= 0.6 is 10.7 Å². The fourth-order valence-corrected chi connectivity index (χ4v) is 3.24. The van der Waals surface area contributed by atoms with Gasteiger partial charge in [-0.15, -0.1) is 0 Å². The maximum Gasteiger partial charge on any atom is 0.293 e. The molecule has 1 atom stereocenters. The minimum atomic E-state index is -3.95. The van der Waals surface area contributed by atoms with Gasteiger partial charge in [0.1, 0.15) is 10.9 Å². The summed E-state index contributed by atoms with van der Waals surface area (Å²) in [6.45, 7) is 1.00. The smallest absolute Gasteiger partial charge is 0.293 e. The third kappa shape index (κ3) is 3.09. The lowest BCUT2D eigenvalue weighted by Crippen LogP contribution is -2.27. The number of hydrogen-bond acceptors (Lipinski definition) is 6. The molecule has 0 aliphatic carbocycles. The number of carbonyl (C=O) groups excluding carboxylic acids is 2. The summed E-state index contributed by atoms with van der Waals surface area (Å²) in [5.74, 6) is -0.934. The second kappa shape index (κ2) is 5.65. The second-order valence-corrected chi connectivity index (χ2v) is 7.73. The van der Waals surface area contributed by atoms with E-state index in [1.165, 1.54) is 19.1 Å². The molecule has 1 aromatic rings. The van der Waals surface area contributed by atoms with Crippen LogP contribution in [0.4, 0.5) is 11.4 Å². The van der Waals surface area contributed by atoms with E-state index in [1.54, 1.807) is 0 Å². The number of anilines is 1. The van der Waals surface area contributed by atoms with E-state index in [0.717, 1.165) is 11.0 Å². The van der Waals surface area contributed by atoms with Crippen molar-refractivity contribution in [3.63, 3.8) is 0 Å². The monoisotopic (exact) mass is 346 g/mol. The highest BCUT2D eigenvalue weighted by atomic mass is 35.7. The van der Waals surface area contributed by atoms with Crippen LogP contribution in [0.2, 0.25) is 0 Å². The lowest BCUT2D eigenvalue weighted by Gasteiger charge is -2.16. The molecule has 1 aliphatic heterocycles. The molecule has 0 aromatic heterocycles. The first-order valence-electron chi connectivity index (χ1n) is 6.14. The van der Waals surface area contributed by atoms with Crippen molar-refractivity contribution >= 4 is 42.8 Å². The molecule has 1 heterocycles. The number of rotatable bonds is 4. The predicted octanol–water partition coefficient (Wildman–Crippen LogP) is 1.47. The third-order valence-electron chi connectivity index (χ3n) is 3.36. The molecule has 0 bridgehead atoms. The van der Waals surface area contributed by atoms with Gasteiger partial charge in [-0.3, -0.25) is 19.7 Å². The van der Waals surface area contributed by atoms with Crippen molar-refractivity contribution in [2.75, 3.05) is 11.4 Å². The van der Waals surface area contributed by atoms with Crippen molar-refractivity contribution < 1.29 is 22.9 Å². The molecule has 0 saturated carbocycles. The van der Waals surface area contributed by atoms with Crippen LogP contribution in [0, 0.1) is 10.1 Å². The molecule has 0 spiro atoms. The molecule has 10 heteroatoms. The summed E-state index contributed by atoms with van der Waals surface area (Å²) >= 11 is 0. The fourth-order valence-electron chi connectivity index (χ4n) is 2.21. The summed E-state index contributed by atoms with van der Waals surface area (Å²) in [7, 11) is 1.30. The first-order chi connectivity index (χ1) is 10.1. The number of nitrogens with zero attached hydrogens (tertiary/aromatic N) is 2. The molecule has 1 saturated heterocycles. The number of carbonyl (C=O) groups is 2. The van der Waals surface area contributed by atoms with Crippen LogP contribution in [0.15, 0.2) is 18.2 Å². The van der Waals surface area contributed by atoms with Gasteiger partial charge in [0.2, 0.25) is 15.0 Å². The molecular weight excluding hydrogens is 336 g/mol. The van der Waals surface area contributed by atoms with Crippen LogP contribution in [-0.2, 0) is 13.8 Å². The Hall–Kier alpha value is -2.00. The van der Waals surface area contributed by atoms with Gasteiger partial charge >= 0.3 is 0 Å². The lowest BCUT2D eigenvalue weighted by molar-refractivity contribution is -0.384. The molecule has 1 aromatic carbocycles. The zero-order valence-corrected chi connectivity index (χ0v) is 12.9. The second-order valence-electron chi connectivity index (χ2n) is 4.82. The maximum atomic E-state index is 11.9. The largest absolute Gasteiger partial charge is 0.305 e. The van der Waals surface area contributed by atoms with Gasteiger partial charge in [-0.1, -0.05) is 0 Å². The van der Waals surface area contributed by atoms with Crippen LogP contribution in [0.5, 0.6) is 0 Å². The summed E-state index contributed by atoms with van der Waals surface area (Å²) in [4.78, 5) is 34.7. The highest BCUT2D eigenvalue weighted by molar-refractivity contribution is 8.14. The average molecular weight is 347 g/mol. The number of ketones is 1. The number of amides is 1. The molecule has 1 amide bonds.